The van der Waals surface area contributed by atoms with Gasteiger partial charge < -0.3 is 24.4 Å². The van der Waals surface area contributed by atoms with E-state index in [2.05, 4.69) is 29.4 Å². The van der Waals surface area contributed by atoms with E-state index < -0.39 is 0 Å². The highest BCUT2D eigenvalue weighted by atomic mass is 16.5. The topological polar surface area (TPSA) is 72.9 Å². The number of amides is 2. The molecule has 1 saturated heterocycles. The normalized spacial score (nSPS) is 13.9. The molecule has 0 spiro atoms. The zero-order valence-electron chi connectivity index (χ0n) is 15.2. The van der Waals surface area contributed by atoms with E-state index in [4.69, 9.17) is 14.2 Å². The lowest BCUT2D eigenvalue weighted by atomic mass is 10.1. The molecule has 0 saturated carbocycles. The molecule has 1 aliphatic heterocycles. The van der Waals surface area contributed by atoms with E-state index in [1.54, 1.807) is 17.0 Å². The number of likely N-dealkylation sites (tertiary alicyclic amines) is 1. The lowest BCUT2D eigenvalue weighted by Gasteiger charge is -2.38. The first-order valence-corrected chi connectivity index (χ1v) is 8.41. The largest absolute Gasteiger partial charge is 0.481 e. The molecule has 26 heavy (non-hydrogen) atoms. The maximum absolute atomic E-state index is 12.3. The molecule has 1 aromatic carbocycles. The number of nitrogens with one attached hydrogen (secondary N) is 1. The molecule has 2 aromatic rings. The molecule has 7 nitrogen and oxygen atoms in total. The number of aromatic nitrogens is 1. The number of urea groups is 1. The van der Waals surface area contributed by atoms with Gasteiger partial charge in [-0.3, -0.25) is 0 Å². The number of ether oxygens (including phenoxy) is 3. The van der Waals surface area contributed by atoms with Crippen molar-refractivity contribution in [2.75, 3.05) is 32.6 Å². The van der Waals surface area contributed by atoms with Crippen molar-refractivity contribution >= 4 is 11.7 Å². The summed E-state index contributed by atoms with van der Waals surface area (Å²) in [6.45, 7) is 3.74. The first-order valence-electron chi connectivity index (χ1n) is 8.41. The van der Waals surface area contributed by atoms with Crippen LogP contribution in [0.1, 0.15) is 11.1 Å². The monoisotopic (exact) mass is 357 g/mol. The van der Waals surface area contributed by atoms with E-state index in [0.717, 1.165) is 0 Å². The van der Waals surface area contributed by atoms with Crippen molar-refractivity contribution in [3.05, 3.63) is 47.5 Å². The molecule has 138 valence electrons. The Labute approximate surface area is 152 Å². The van der Waals surface area contributed by atoms with Crippen molar-refractivity contribution in [3.63, 3.8) is 0 Å². The van der Waals surface area contributed by atoms with Crippen LogP contribution in [0.3, 0.4) is 0 Å². The molecule has 0 bridgehead atoms. The zero-order chi connectivity index (χ0) is 18.5. The van der Waals surface area contributed by atoms with Crippen LogP contribution in [0.2, 0.25) is 0 Å². The summed E-state index contributed by atoms with van der Waals surface area (Å²) in [6, 6.07) is 11.3. The summed E-state index contributed by atoms with van der Waals surface area (Å²) >= 11 is 0. The van der Waals surface area contributed by atoms with Crippen molar-refractivity contribution < 1.29 is 19.0 Å². The molecule has 2 amide bonds. The van der Waals surface area contributed by atoms with Gasteiger partial charge in [0.1, 0.15) is 5.69 Å². The molecule has 1 N–H and O–H groups in total. The standard InChI is InChI=1S/C19H23N3O4/c1-13-6-4-5-7-14(13)12-26-15-10-22(11-15)19(23)20-16-8-9-17(24-2)21-18(16)25-3/h4-9,15H,10-12H2,1-3H3,(H,20,23). The van der Waals surface area contributed by atoms with E-state index in [9.17, 15) is 4.79 Å². The number of hydrogen-bond donors (Lipinski definition) is 1. The number of rotatable bonds is 6. The summed E-state index contributed by atoms with van der Waals surface area (Å²) in [5.74, 6) is 0.735. The predicted octanol–water partition coefficient (Wildman–Crippen LogP) is 2.84. The summed E-state index contributed by atoms with van der Waals surface area (Å²) in [7, 11) is 3.02. The minimum Gasteiger partial charge on any atom is -0.481 e. The third-order valence-electron chi connectivity index (χ3n) is 4.35. The Bertz CT molecular complexity index is 775. The second kappa shape index (κ2) is 8.05. The van der Waals surface area contributed by atoms with Crippen LogP contribution in [0.5, 0.6) is 11.8 Å². The Morgan fingerprint density at radius 3 is 2.65 bits per heavy atom. The summed E-state index contributed by atoms with van der Waals surface area (Å²) < 4.78 is 16.1. The van der Waals surface area contributed by atoms with Crippen molar-refractivity contribution in [2.45, 2.75) is 19.6 Å². The summed E-state index contributed by atoms with van der Waals surface area (Å²) in [5, 5.41) is 2.81. The van der Waals surface area contributed by atoms with Crippen molar-refractivity contribution in [1.29, 1.82) is 0 Å². The van der Waals surface area contributed by atoms with E-state index >= 15 is 0 Å². The maximum atomic E-state index is 12.3. The Morgan fingerprint density at radius 2 is 1.96 bits per heavy atom. The van der Waals surface area contributed by atoms with Crippen LogP contribution in [0.25, 0.3) is 0 Å². The van der Waals surface area contributed by atoms with E-state index in [0.29, 0.717) is 37.1 Å². The van der Waals surface area contributed by atoms with E-state index in [1.165, 1.54) is 25.3 Å². The van der Waals surface area contributed by atoms with Gasteiger partial charge in [-0.1, -0.05) is 24.3 Å². The number of pyridine rings is 1. The molecule has 0 unspecified atom stereocenters. The zero-order valence-corrected chi connectivity index (χ0v) is 15.2. The van der Waals surface area contributed by atoms with Gasteiger partial charge in [-0.05, 0) is 24.1 Å². The quantitative estimate of drug-likeness (QED) is 0.861. The SMILES string of the molecule is COc1ccc(NC(=O)N2CC(OCc3ccccc3C)C2)c(OC)n1. The number of anilines is 1. The van der Waals surface area contributed by atoms with Crippen LogP contribution in [0, 0.1) is 6.92 Å². The average Bonchev–Trinajstić information content (AvgIpc) is 2.62. The van der Waals surface area contributed by atoms with Gasteiger partial charge in [0.15, 0.2) is 0 Å². The number of aryl methyl sites for hydroxylation is 1. The van der Waals surface area contributed by atoms with Crippen LogP contribution in [-0.2, 0) is 11.3 Å². The van der Waals surface area contributed by atoms with Crippen LogP contribution in [0.15, 0.2) is 36.4 Å². The molecular formula is C19H23N3O4. The Hall–Kier alpha value is -2.80. The Kier molecular flexibility index (Phi) is 5.58. The lowest BCUT2D eigenvalue weighted by molar-refractivity contribution is -0.0422. The van der Waals surface area contributed by atoms with Crippen molar-refractivity contribution in [1.82, 2.24) is 9.88 Å². The number of hydrogen-bond acceptors (Lipinski definition) is 5. The fourth-order valence-electron chi connectivity index (χ4n) is 2.67. The van der Waals surface area contributed by atoms with E-state index in [1.807, 2.05) is 12.1 Å². The second-order valence-electron chi connectivity index (χ2n) is 6.11. The molecule has 2 heterocycles. The molecule has 0 radical (unpaired) electrons. The first kappa shape index (κ1) is 18.0. The van der Waals surface area contributed by atoms with Crippen molar-refractivity contribution in [2.24, 2.45) is 0 Å². The molecule has 0 atom stereocenters. The molecule has 1 aromatic heterocycles. The second-order valence-corrected chi connectivity index (χ2v) is 6.11. The highest BCUT2D eigenvalue weighted by molar-refractivity contribution is 5.91. The highest BCUT2D eigenvalue weighted by Crippen LogP contribution is 2.26. The van der Waals surface area contributed by atoms with Gasteiger partial charge in [0.2, 0.25) is 11.8 Å². The fraction of sp³-hybridized carbons (Fsp3) is 0.368. The summed E-state index contributed by atoms with van der Waals surface area (Å²) in [4.78, 5) is 18.2. The fourth-order valence-corrected chi connectivity index (χ4v) is 2.67. The predicted molar refractivity (Wildman–Crippen MR) is 97.7 cm³/mol. The van der Waals surface area contributed by atoms with Gasteiger partial charge >= 0.3 is 6.03 Å². The number of carbonyl (C=O) groups is 1. The molecule has 0 aliphatic carbocycles. The molecule has 3 rings (SSSR count). The van der Waals surface area contributed by atoms with Gasteiger partial charge in [0.25, 0.3) is 0 Å². The maximum Gasteiger partial charge on any atom is 0.322 e. The lowest BCUT2D eigenvalue weighted by Crippen LogP contribution is -2.56. The smallest absolute Gasteiger partial charge is 0.322 e. The van der Waals surface area contributed by atoms with Crippen molar-refractivity contribution in [3.8, 4) is 11.8 Å². The third-order valence-corrected chi connectivity index (χ3v) is 4.35. The Morgan fingerprint density at radius 1 is 1.19 bits per heavy atom. The van der Waals surface area contributed by atoms with Crippen LogP contribution in [-0.4, -0.2) is 49.3 Å². The molecule has 1 fully saturated rings. The third kappa shape index (κ3) is 4.05. The van der Waals surface area contributed by atoms with Crippen LogP contribution < -0.4 is 14.8 Å². The minimum atomic E-state index is -0.203. The molecular weight excluding hydrogens is 334 g/mol. The van der Waals surface area contributed by atoms with Gasteiger partial charge in [-0.15, -0.1) is 0 Å². The number of nitrogens with zero attached hydrogens (tertiary/aromatic N) is 2. The number of carbonyl (C=O) groups excluding carboxylic acids is 1. The minimum absolute atomic E-state index is 0.0521. The summed E-state index contributed by atoms with van der Waals surface area (Å²) in [5.41, 5.74) is 2.88. The van der Waals surface area contributed by atoms with Gasteiger partial charge in [-0.2, -0.15) is 4.98 Å². The van der Waals surface area contributed by atoms with Gasteiger partial charge in [0.05, 0.1) is 40.0 Å². The first-order chi connectivity index (χ1) is 12.6. The Balaban J connectivity index is 1.48. The van der Waals surface area contributed by atoms with Crippen LogP contribution >= 0.6 is 0 Å². The molecule has 1 aliphatic rings. The number of benzene rings is 1. The van der Waals surface area contributed by atoms with Gasteiger partial charge in [-0.25, -0.2) is 4.79 Å². The van der Waals surface area contributed by atoms with E-state index in [-0.39, 0.29) is 12.1 Å². The van der Waals surface area contributed by atoms with Gasteiger partial charge in [0, 0.05) is 6.07 Å². The molecule has 7 heteroatoms. The number of methoxy groups -OCH3 is 2. The van der Waals surface area contributed by atoms with Crippen LogP contribution in [0.4, 0.5) is 10.5 Å². The summed E-state index contributed by atoms with van der Waals surface area (Å²) in [6.07, 6.45) is 0.0521. The highest BCUT2D eigenvalue weighted by Gasteiger charge is 2.32. The average molecular weight is 357 g/mol.